The summed E-state index contributed by atoms with van der Waals surface area (Å²) < 4.78 is 0. The average Bonchev–Trinajstić information content (AvgIpc) is 2.77. The van der Waals surface area contributed by atoms with E-state index >= 15 is 0 Å². The van der Waals surface area contributed by atoms with Crippen molar-refractivity contribution >= 4 is 17.5 Å². The highest BCUT2D eigenvalue weighted by Crippen LogP contribution is 2.11. The van der Waals surface area contributed by atoms with Crippen LogP contribution in [0.25, 0.3) is 0 Å². The summed E-state index contributed by atoms with van der Waals surface area (Å²) in [5, 5.41) is 6.05. The Morgan fingerprint density at radius 3 is 2.06 bits per heavy atom. The van der Waals surface area contributed by atoms with E-state index in [1.165, 1.54) is 5.56 Å². The first kappa shape index (κ1) is 25.6. The Hall–Kier alpha value is -2.66. The van der Waals surface area contributed by atoms with Gasteiger partial charge in [0, 0.05) is 11.7 Å². The Kier molecular flexibility index (Phi) is 11.5. The van der Waals surface area contributed by atoms with Gasteiger partial charge in [-0.25, -0.2) is 0 Å². The standard InChI is InChI=1S/C27H39N3O2/c1-4-6-17-30(18-7-5-2)21-27(32)29-25-15-13-24(14-16-25)20-26(31)28-22(3)19-23-11-9-8-10-12-23/h8-16,22H,4-7,17-21H2,1-3H3,(H,28,31)(H,29,32). The van der Waals surface area contributed by atoms with Crippen LogP contribution in [0.1, 0.15) is 57.6 Å². The summed E-state index contributed by atoms with van der Waals surface area (Å²) >= 11 is 0. The second-order valence-electron chi connectivity index (χ2n) is 8.56. The molecule has 0 aliphatic rings. The van der Waals surface area contributed by atoms with Gasteiger partial charge in [-0.1, -0.05) is 69.2 Å². The molecule has 0 saturated heterocycles. The number of anilines is 1. The summed E-state index contributed by atoms with van der Waals surface area (Å²) in [6.45, 7) is 8.70. The molecule has 2 amide bonds. The molecule has 2 rings (SSSR count). The van der Waals surface area contributed by atoms with Crippen LogP contribution in [-0.2, 0) is 22.4 Å². The van der Waals surface area contributed by atoms with Crippen LogP contribution < -0.4 is 10.6 Å². The lowest BCUT2D eigenvalue weighted by molar-refractivity contribution is -0.121. The molecule has 0 aliphatic carbocycles. The number of hydrogen-bond donors (Lipinski definition) is 2. The number of carbonyl (C=O) groups is 2. The van der Waals surface area contributed by atoms with E-state index in [1.54, 1.807) is 0 Å². The van der Waals surface area contributed by atoms with E-state index in [1.807, 2.05) is 49.4 Å². The quantitative estimate of drug-likeness (QED) is 0.446. The zero-order chi connectivity index (χ0) is 23.2. The Labute approximate surface area is 193 Å². The summed E-state index contributed by atoms with van der Waals surface area (Å²) in [6, 6.07) is 17.8. The zero-order valence-corrected chi connectivity index (χ0v) is 19.9. The first-order valence-electron chi connectivity index (χ1n) is 11.9. The third-order valence-electron chi connectivity index (χ3n) is 5.42. The highest BCUT2D eigenvalue weighted by molar-refractivity contribution is 5.92. The van der Waals surface area contributed by atoms with Crippen molar-refractivity contribution in [3.8, 4) is 0 Å². The van der Waals surface area contributed by atoms with Crippen molar-refractivity contribution in [1.29, 1.82) is 0 Å². The molecule has 0 radical (unpaired) electrons. The van der Waals surface area contributed by atoms with Gasteiger partial charge in [-0.15, -0.1) is 0 Å². The molecule has 174 valence electrons. The van der Waals surface area contributed by atoms with Gasteiger partial charge in [-0.2, -0.15) is 0 Å². The van der Waals surface area contributed by atoms with Crippen molar-refractivity contribution < 1.29 is 9.59 Å². The van der Waals surface area contributed by atoms with E-state index in [4.69, 9.17) is 0 Å². The predicted molar refractivity (Wildman–Crippen MR) is 133 cm³/mol. The molecule has 0 bridgehead atoms. The van der Waals surface area contributed by atoms with Crippen LogP contribution in [-0.4, -0.2) is 42.4 Å². The van der Waals surface area contributed by atoms with Crippen LogP contribution >= 0.6 is 0 Å². The monoisotopic (exact) mass is 437 g/mol. The molecule has 1 unspecified atom stereocenters. The molecule has 0 aromatic heterocycles. The number of hydrogen-bond acceptors (Lipinski definition) is 3. The molecule has 0 spiro atoms. The van der Waals surface area contributed by atoms with Gasteiger partial charge in [0.05, 0.1) is 13.0 Å². The van der Waals surface area contributed by atoms with Crippen LogP contribution in [0.4, 0.5) is 5.69 Å². The molecule has 5 heteroatoms. The van der Waals surface area contributed by atoms with Gasteiger partial charge < -0.3 is 10.6 Å². The number of amides is 2. The Morgan fingerprint density at radius 1 is 0.844 bits per heavy atom. The fourth-order valence-electron chi connectivity index (χ4n) is 3.67. The van der Waals surface area contributed by atoms with Gasteiger partial charge >= 0.3 is 0 Å². The molecular formula is C27H39N3O2. The van der Waals surface area contributed by atoms with Crippen molar-refractivity contribution in [1.82, 2.24) is 10.2 Å². The number of rotatable bonds is 14. The van der Waals surface area contributed by atoms with Gasteiger partial charge in [0.15, 0.2) is 0 Å². The van der Waals surface area contributed by atoms with E-state index in [9.17, 15) is 9.59 Å². The van der Waals surface area contributed by atoms with Gasteiger partial charge in [0.2, 0.25) is 11.8 Å². The summed E-state index contributed by atoms with van der Waals surface area (Å²) in [5.41, 5.74) is 2.91. The lowest BCUT2D eigenvalue weighted by Gasteiger charge is -2.21. The Morgan fingerprint density at radius 2 is 1.47 bits per heavy atom. The minimum atomic E-state index is 0.00714. The SMILES string of the molecule is CCCCN(CCCC)CC(=O)Nc1ccc(CC(=O)NC(C)Cc2ccccc2)cc1. The zero-order valence-electron chi connectivity index (χ0n) is 19.9. The smallest absolute Gasteiger partial charge is 0.238 e. The maximum atomic E-state index is 12.5. The van der Waals surface area contributed by atoms with Crippen molar-refractivity contribution in [3.05, 3.63) is 65.7 Å². The van der Waals surface area contributed by atoms with E-state index in [2.05, 4.69) is 41.5 Å². The number of nitrogens with zero attached hydrogens (tertiary/aromatic N) is 1. The second kappa shape index (κ2) is 14.4. The summed E-state index contributed by atoms with van der Waals surface area (Å²) in [7, 11) is 0. The lowest BCUT2D eigenvalue weighted by Crippen LogP contribution is -2.35. The highest BCUT2D eigenvalue weighted by atomic mass is 16.2. The number of unbranched alkanes of at least 4 members (excludes halogenated alkanes) is 2. The molecule has 2 aromatic carbocycles. The average molecular weight is 438 g/mol. The third kappa shape index (κ3) is 10.1. The summed E-state index contributed by atoms with van der Waals surface area (Å²) in [5.74, 6) is 0.0187. The molecule has 5 nitrogen and oxygen atoms in total. The van der Waals surface area contributed by atoms with Crippen LogP contribution in [0.5, 0.6) is 0 Å². The Bertz CT molecular complexity index is 797. The summed E-state index contributed by atoms with van der Waals surface area (Å²) in [6.07, 6.45) is 5.62. The lowest BCUT2D eigenvalue weighted by atomic mass is 10.1. The predicted octanol–water partition coefficient (Wildman–Crippen LogP) is 4.82. The topological polar surface area (TPSA) is 61.4 Å². The second-order valence-corrected chi connectivity index (χ2v) is 8.56. The maximum Gasteiger partial charge on any atom is 0.238 e. The maximum absolute atomic E-state index is 12.5. The normalized spacial score (nSPS) is 11.9. The molecular weight excluding hydrogens is 398 g/mol. The van der Waals surface area contributed by atoms with Gasteiger partial charge in [-0.05, 0) is 62.5 Å². The van der Waals surface area contributed by atoms with Crippen molar-refractivity contribution in [3.63, 3.8) is 0 Å². The highest BCUT2D eigenvalue weighted by Gasteiger charge is 2.12. The van der Waals surface area contributed by atoms with Gasteiger partial charge in [0.1, 0.15) is 0 Å². The fraction of sp³-hybridized carbons (Fsp3) is 0.481. The molecule has 0 aliphatic heterocycles. The van der Waals surface area contributed by atoms with Crippen LogP contribution in [0.15, 0.2) is 54.6 Å². The van der Waals surface area contributed by atoms with Gasteiger partial charge in [0.25, 0.3) is 0 Å². The molecule has 32 heavy (non-hydrogen) atoms. The molecule has 1 atom stereocenters. The minimum Gasteiger partial charge on any atom is -0.353 e. The van der Waals surface area contributed by atoms with E-state index < -0.39 is 0 Å². The van der Waals surface area contributed by atoms with Crippen LogP contribution in [0.2, 0.25) is 0 Å². The minimum absolute atomic E-state index is 0.00714. The first-order valence-corrected chi connectivity index (χ1v) is 11.9. The van der Waals surface area contributed by atoms with Crippen molar-refractivity contribution in [2.24, 2.45) is 0 Å². The first-order chi connectivity index (χ1) is 15.5. The molecule has 0 saturated carbocycles. The number of nitrogens with one attached hydrogen (secondary N) is 2. The van der Waals surface area contributed by atoms with E-state index in [-0.39, 0.29) is 17.9 Å². The molecule has 0 heterocycles. The van der Waals surface area contributed by atoms with Gasteiger partial charge in [-0.3, -0.25) is 14.5 Å². The van der Waals surface area contributed by atoms with Crippen molar-refractivity contribution in [2.45, 2.75) is 65.3 Å². The summed E-state index contributed by atoms with van der Waals surface area (Å²) in [4.78, 5) is 27.1. The fourth-order valence-corrected chi connectivity index (χ4v) is 3.67. The van der Waals surface area contributed by atoms with Crippen LogP contribution in [0, 0.1) is 0 Å². The number of benzene rings is 2. The van der Waals surface area contributed by atoms with Crippen LogP contribution in [0.3, 0.4) is 0 Å². The molecule has 2 N–H and O–H groups in total. The molecule has 0 fully saturated rings. The Balaban J connectivity index is 1.78. The molecule has 2 aromatic rings. The van der Waals surface area contributed by atoms with E-state index in [0.717, 1.165) is 56.4 Å². The number of carbonyl (C=O) groups excluding carboxylic acids is 2. The third-order valence-corrected chi connectivity index (χ3v) is 5.42. The van der Waals surface area contributed by atoms with E-state index in [0.29, 0.717) is 13.0 Å². The largest absolute Gasteiger partial charge is 0.353 e. The van der Waals surface area contributed by atoms with Crippen molar-refractivity contribution in [2.75, 3.05) is 25.0 Å².